The van der Waals surface area contributed by atoms with Crippen molar-refractivity contribution in [1.82, 2.24) is 4.90 Å². The van der Waals surface area contributed by atoms with E-state index in [9.17, 15) is 5.11 Å². The van der Waals surface area contributed by atoms with Crippen LogP contribution in [0.25, 0.3) is 0 Å². The Bertz CT molecular complexity index is 218. The Balaban J connectivity index is 1.77. The summed E-state index contributed by atoms with van der Waals surface area (Å²) in [5, 5.41) is 10.3. The maximum absolute atomic E-state index is 10.3. The van der Waals surface area contributed by atoms with Gasteiger partial charge in [0.05, 0.1) is 5.60 Å². The van der Waals surface area contributed by atoms with Crippen molar-refractivity contribution in [1.29, 1.82) is 0 Å². The van der Waals surface area contributed by atoms with Gasteiger partial charge in [-0.3, -0.25) is 0 Å². The largest absolute Gasteiger partial charge is 0.388 e. The van der Waals surface area contributed by atoms with Crippen LogP contribution in [0.1, 0.15) is 38.5 Å². The van der Waals surface area contributed by atoms with Gasteiger partial charge in [0, 0.05) is 12.6 Å². The first-order valence-electron chi connectivity index (χ1n) is 6.28. The lowest BCUT2D eigenvalue weighted by atomic mass is 9.88. The Labute approximate surface area is 92.6 Å². The maximum atomic E-state index is 10.3. The Morgan fingerprint density at radius 1 is 1.40 bits per heavy atom. The zero-order chi connectivity index (χ0) is 10.9. The van der Waals surface area contributed by atoms with Gasteiger partial charge in [-0.2, -0.15) is 0 Å². The van der Waals surface area contributed by atoms with Crippen molar-refractivity contribution in [3.63, 3.8) is 0 Å². The third-order valence-corrected chi connectivity index (χ3v) is 4.28. The average Bonchev–Trinajstić information content (AvgIpc) is 3.01. The van der Waals surface area contributed by atoms with Gasteiger partial charge in [-0.1, -0.05) is 6.42 Å². The fourth-order valence-electron chi connectivity index (χ4n) is 2.87. The SMILES string of the molecule is CN(CCC1CCCC1(O)CN)C1CC1. The smallest absolute Gasteiger partial charge is 0.0797 e. The minimum Gasteiger partial charge on any atom is -0.388 e. The molecule has 0 aromatic rings. The third-order valence-electron chi connectivity index (χ3n) is 4.28. The molecule has 0 bridgehead atoms. The van der Waals surface area contributed by atoms with Gasteiger partial charge in [-0.15, -0.1) is 0 Å². The normalized spacial score (nSPS) is 36.4. The molecule has 0 aliphatic heterocycles. The molecule has 3 N–H and O–H groups in total. The molecule has 0 amide bonds. The second-order valence-electron chi connectivity index (χ2n) is 5.40. The summed E-state index contributed by atoms with van der Waals surface area (Å²) in [7, 11) is 2.20. The van der Waals surface area contributed by atoms with Gasteiger partial charge in [0.25, 0.3) is 0 Å². The molecule has 2 saturated carbocycles. The number of hydrogen-bond donors (Lipinski definition) is 2. The number of nitrogens with two attached hydrogens (primary N) is 1. The van der Waals surface area contributed by atoms with Gasteiger partial charge >= 0.3 is 0 Å². The van der Waals surface area contributed by atoms with Crippen molar-refractivity contribution in [3.05, 3.63) is 0 Å². The van der Waals surface area contributed by atoms with Gasteiger partial charge in [0.1, 0.15) is 0 Å². The lowest BCUT2D eigenvalue weighted by molar-refractivity contribution is 0.00512. The molecule has 15 heavy (non-hydrogen) atoms. The van der Waals surface area contributed by atoms with Crippen LogP contribution in [0.5, 0.6) is 0 Å². The molecule has 2 aliphatic rings. The van der Waals surface area contributed by atoms with Crippen LogP contribution in [-0.4, -0.2) is 41.8 Å². The monoisotopic (exact) mass is 212 g/mol. The molecule has 3 heteroatoms. The summed E-state index contributed by atoms with van der Waals surface area (Å²) in [4.78, 5) is 2.44. The molecule has 2 fully saturated rings. The summed E-state index contributed by atoms with van der Waals surface area (Å²) >= 11 is 0. The van der Waals surface area contributed by atoms with Gasteiger partial charge in [-0.25, -0.2) is 0 Å². The van der Waals surface area contributed by atoms with E-state index < -0.39 is 5.60 Å². The molecule has 2 atom stereocenters. The zero-order valence-corrected chi connectivity index (χ0v) is 9.78. The van der Waals surface area contributed by atoms with E-state index >= 15 is 0 Å². The predicted molar refractivity (Wildman–Crippen MR) is 61.6 cm³/mol. The fraction of sp³-hybridized carbons (Fsp3) is 1.00. The fourth-order valence-corrected chi connectivity index (χ4v) is 2.87. The Hall–Kier alpha value is -0.120. The highest BCUT2D eigenvalue weighted by Crippen LogP contribution is 2.37. The number of aliphatic hydroxyl groups is 1. The van der Waals surface area contributed by atoms with Crippen LogP contribution in [0.3, 0.4) is 0 Å². The van der Waals surface area contributed by atoms with Crippen LogP contribution in [0.15, 0.2) is 0 Å². The highest BCUT2D eigenvalue weighted by molar-refractivity contribution is 4.93. The standard InChI is InChI=1S/C12H24N2O/c1-14(11-4-5-11)8-6-10-3-2-7-12(10,15)9-13/h10-11,15H,2-9,13H2,1H3. The van der Waals surface area contributed by atoms with Crippen LogP contribution >= 0.6 is 0 Å². The molecule has 0 aromatic heterocycles. The maximum Gasteiger partial charge on any atom is 0.0797 e. The van der Waals surface area contributed by atoms with E-state index in [1.807, 2.05) is 0 Å². The summed E-state index contributed by atoms with van der Waals surface area (Å²) < 4.78 is 0. The van der Waals surface area contributed by atoms with Crippen molar-refractivity contribution in [2.75, 3.05) is 20.1 Å². The van der Waals surface area contributed by atoms with E-state index in [1.165, 1.54) is 12.8 Å². The highest BCUT2D eigenvalue weighted by Gasteiger charge is 2.39. The molecule has 0 aromatic carbocycles. The van der Waals surface area contributed by atoms with Crippen LogP contribution < -0.4 is 5.73 Å². The first kappa shape index (κ1) is 11.4. The molecule has 2 unspecified atom stereocenters. The number of hydrogen-bond acceptors (Lipinski definition) is 3. The van der Waals surface area contributed by atoms with E-state index in [0.29, 0.717) is 12.5 Å². The molecule has 0 spiro atoms. The average molecular weight is 212 g/mol. The quantitative estimate of drug-likeness (QED) is 0.713. The van der Waals surface area contributed by atoms with Crippen molar-refractivity contribution in [2.45, 2.75) is 50.2 Å². The summed E-state index contributed by atoms with van der Waals surface area (Å²) in [6.45, 7) is 1.56. The number of rotatable bonds is 5. The minimum absolute atomic E-state index is 0.434. The van der Waals surface area contributed by atoms with Crippen LogP contribution in [0.4, 0.5) is 0 Å². The van der Waals surface area contributed by atoms with Crippen LogP contribution in [-0.2, 0) is 0 Å². The first-order valence-corrected chi connectivity index (χ1v) is 6.28. The summed E-state index contributed by atoms with van der Waals surface area (Å²) in [6, 6.07) is 0.831. The molecule has 0 heterocycles. The van der Waals surface area contributed by atoms with Gasteiger partial charge in [-0.05, 0) is 51.6 Å². The third kappa shape index (κ3) is 2.52. The minimum atomic E-state index is -0.551. The van der Waals surface area contributed by atoms with E-state index in [2.05, 4.69) is 11.9 Å². The van der Waals surface area contributed by atoms with E-state index in [4.69, 9.17) is 5.73 Å². The van der Waals surface area contributed by atoms with E-state index in [1.54, 1.807) is 0 Å². The van der Waals surface area contributed by atoms with Crippen molar-refractivity contribution >= 4 is 0 Å². The van der Waals surface area contributed by atoms with E-state index in [-0.39, 0.29) is 0 Å². The summed E-state index contributed by atoms with van der Waals surface area (Å²) in [5.74, 6) is 0.434. The van der Waals surface area contributed by atoms with Crippen molar-refractivity contribution in [2.24, 2.45) is 11.7 Å². The van der Waals surface area contributed by atoms with Gasteiger partial charge in [0.2, 0.25) is 0 Å². The molecule has 0 saturated heterocycles. The van der Waals surface area contributed by atoms with Crippen LogP contribution in [0.2, 0.25) is 0 Å². The number of nitrogens with zero attached hydrogens (tertiary/aromatic N) is 1. The Morgan fingerprint density at radius 2 is 2.13 bits per heavy atom. The van der Waals surface area contributed by atoms with Gasteiger partial charge in [0.15, 0.2) is 0 Å². The second kappa shape index (κ2) is 4.40. The van der Waals surface area contributed by atoms with Crippen LogP contribution in [0, 0.1) is 5.92 Å². The lowest BCUT2D eigenvalue weighted by Crippen LogP contribution is -2.42. The Kier molecular flexibility index (Phi) is 3.33. The topological polar surface area (TPSA) is 49.5 Å². The van der Waals surface area contributed by atoms with E-state index in [0.717, 1.165) is 38.3 Å². The van der Waals surface area contributed by atoms with Gasteiger partial charge < -0.3 is 15.7 Å². The summed E-state index contributed by atoms with van der Waals surface area (Å²) in [6.07, 6.45) is 7.05. The lowest BCUT2D eigenvalue weighted by Gasteiger charge is -2.30. The van der Waals surface area contributed by atoms with Crippen molar-refractivity contribution in [3.8, 4) is 0 Å². The summed E-state index contributed by atoms with van der Waals surface area (Å²) in [5.41, 5.74) is 5.12. The molecular weight excluding hydrogens is 188 g/mol. The zero-order valence-electron chi connectivity index (χ0n) is 9.78. The Morgan fingerprint density at radius 3 is 2.73 bits per heavy atom. The highest BCUT2D eigenvalue weighted by atomic mass is 16.3. The molecule has 0 radical (unpaired) electrons. The first-order chi connectivity index (χ1) is 7.15. The molecular formula is C12H24N2O. The molecule has 2 aliphatic carbocycles. The molecule has 2 rings (SSSR count). The predicted octanol–water partition coefficient (Wildman–Crippen LogP) is 0.961. The molecule has 88 valence electrons. The molecule has 3 nitrogen and oxygen atoms in total. The second-order valence-corrected chi connectivity index (χ2v) is 5.40. The van der Waals surface area contributed by atoms with Crippen molar-refractivity contribution < 1.29 is 5.11 Å².